The van der Waals surface area contributed by atoms with Crippen molar-refractivity contribution in [3.63, 3.8) is 0 Å². The molecule has 0 saturated heterocycles. The predicted octanol–water partition coefficient (Wildman–Crippen LogP) is 4.92. The summed E-state index contributed by atoms with van der Waals surface area (Å²) >= 11 is 11.3. The fourth-order valence-corrected chi connectivity index (χ4v) is 2.80. The van der Waals surface area contributed by atoms with Gasteiger partial charge in [0.25, 0.3) is 0 Å². The molecule has 0 bridgehead atoms. The Hall–Kier alpha value is -2.76. The second kappa shape index (κ2) is 9.80. The van der Waals surface area contributed by atoms with Gasteiger partial charge in [-0.2, -0.15) is 0 Å². The molecule has 0 aliphatic heterocycles. The van der Waals surface area contributed by atoms with Crippen LogP contribution in [0.25, 0.3) is 10.8 Å². The van der Waals surface area contributed by atoms with E-state index in [2.05, 4.69) is 0 Å². The lowest BCUT2D eigenvalue weighted by Gasteiger charge is -2.04. The second-order valence-electron chi connectivity index (χ2n) is 5.47. The average Bonchev–Trinajstić information content (AvgIpc) is 2.61. The molecule has 7 heteroatoms. The number of carboxylic acids is 2. The first kappa shape index (κ1) is 20.6. The van der Waals surface area contributed by atoms with E-state index in [-0.39, 0.29) is 6.42 Å². The van der Waals surface area contributed by atoms with Crippen molar-refractivity contribution in [1.82, 2.24) is 0 Å². The Balaban J connectivity index is 0.000000194. The van der Waals surface area contributed by atoms with Gasteiger partial charge in [-0.25, -0.2) is 4.79 Å². The van der Waals surface area contributed by atoms with Crippen LogP contribution in [0.5, 0.6) is 5.75 Å². The molecule has 0 saturated carbocycles. The normalized spacial score (nSPS) is 10.0. The van der Waals surface area contributed by atoms with Gasteiger partial charge in [-0.1, -0.05) is 65.7 Å². The first-order valence-corrected chi connectivity index (χ1v) is 8.60. The van der Waals surface area contributed by atoms with Gasteiger partial charge in [0.15, 0.2) is 6.61 Å². The van der Waals surface area contributed by atoms with Crippen LogP contribution in [0.4, 0.5) is 0 Å². The Kier molecular flexibility index (Phi) is 7.46. The number of fused-ring (bicyclic) bond motifs is 1. The Labute approximate surface area is 165 Å². The van der Waals surface area contributed by atoms with Crippen LogP contribution in [0, 0.1) is 0 Å². The largest absolute Gasteiger partial charge is 0.481 e. The third kappa shape index (κ3) is 6.47. The number of aliphatic carboxylic acids is 2. The fourth-order valence-electron chi connectivity index (χ4n) is 2.34. The molecule has 140 valence electrons. The van der Waals surface area contributed by atoms with Crippen molar-refractivity contribution in [3.8, 4) is 5.75 Å². The van der Waals surface area contributed by atoms with E-state index in [1.165, 1.54) is 12.1 Å². The van der Waals surface area contributed by atoms with Crippen molar-refractivity contribution >= 4 is 45.9 Å². The maximum absolute atomic E-state index is 10.6. The van der Waals surface area contributed by atoms with Gasteiger partial charge < -0.3 is 14.9 Å². The maximum Gasteiger partial charge on any atom is 0.341 e. The zero-order chi connectivity index (χ0) is 19.8. The van der Waals surface area contributed by atoms with E-state index in [1.54, 1.807) is 6.07 Å². The zero-order valence-electron chi connectivity index (χ0n) is 14.1. The molecule has 0 aliphatic carbocycles. The fraction of sp³-hybridized carbons (Fsp3) is 0.100. The number of carboxylic acid groups (broad SMARTS) is 2. The molecule has 27 heavy (non-hydrogen) atoms. The molecule has 3 aromatic rings. The minimum atomic E-state index is -1.05. The number of hydrogen-bond donors (Lipinski definition) is 2. The van der Waals surface area contributed by atoms with Crippen molar-refractivity contribution in [1.29, 1.82) is 0 Å². The molecule has 0 fully saturated rings. The van der Waals surface area contributed by atoms with Crippen LogP contribution in [-0.2, 0) is 16.0 Å². The van der Waals surface area contributed by atoms with Crippen molar-refractivity contribution in [2.75, 3.05) is 6.61 Å². The van der Waals surface area contributed by atoms with E-state index in [9.17, 15) is 9.59 Å². The van der Waals surface area contributed by atoms with E-state index in [1.807, 2.05) is 42.5 Å². The maximum atomic E-state index is 10.6. The van der Waals surface area contributed by atoms with Gasteiger partial charge in [0, 0.05) is 5.02 Å². The lowest BCUT2D eigenvalue weighted by atomic mass is 10.0. The number of hydrogen-bond acceptors (Lipinski definition) is 3. The van der Waals surface area contributed by atoms with Crippen LogP contribution < -0.4 is 4.74 Å². The number of halogens is 2. The number of carbonyl (C=O) groups is 2. The molecule has 3 rings (SSSR count). The van der Waals surface area contributed by atoms with Gasteiger partial charge in [0.1, 0.15) is 5.75 Å². The summed E-state index contributed by atoms with van der Waals surface area (Å²) in [5, 5.41) is 19.9. The number of rotatable bonds is 5. The Morgan fingerprint density at radius 2 is 1.59 bits per heavy atom. The van der Waals surface area contributed by atoms with E-state index in [0.29, 0.717) is 15.8 Å². The molecule has 0 spiro atoms. The summed E-state index contributed by atoms with van der Waals surface area (Å²) in [5.41, 5.74) is 0.871. The van der Waals surface area contributed by atoms with Crippen LogP contribution in [-0.4, -0.2) is 28.8 Å². The monoisotopic (exact) mass is 406 g/mol. The summed E-state index contributed by atoms with van der Waals surface area (Å²) in [6.07, 6.45) is 0.0847. The third-order valence-corrected chi connectivity index (χ3v) is 4.00. The van der Waals surface area contributed by atoms with Crippen molar-refractivity contribution < 1.29 is 24.5 Å². The summed E-state index contributed by atoms with van der Waals surface area (Å²) in [7, 11) is 0. The van der Waals surface area contributed by atoms with Gasteiger partial charge in [-0.15, -0.1) is 0 Å². The second-order valence-corrected chi connectivity index (χ2v) is 6.31. The van der Waals surface area contributed by atoms with Crippen LogP contribution in [0.3, 0.4) is 0 Å². The highest BCUT2D eigenvalue weighted by atomic mass is 35.5. The van der Waals surface area contributed by atoms with Crippen molar-refractivity contribution in [2.45, 2.75) is 6.42 Å². The topological polar surface area (TPSA) is 83.8 Å². The van der Waals surface area contributed by atoms with Crippen LogP contribution in [0.1, 0.15) is 5.56 Å². The quantitative estimate of drug-likeness (QED) is 0.627. The Morgan fingerprint density at radius 3 is 2.26 bits per heavy atom. The summed E-state index contributed by atoms with van der Waals surface area (Å²) in [5.74, 6) is -1.53. The lowest BCUT2D eigenvalue weighted by Crippen LogP contribution is -2.09. The van der Waals surface area contributed by atoms with E-state index in [0.717, 1.165) is 16.3 Å². The van der Waals surface area contributed by atoms with Crippen LogP contribution >= 0.6 is 23.2 Å². The molecule has 0 radical (unpaired) electrons. The van der Waals surface area contributed by atoms with Gasteiger partial charge in [0.05, 0.1) is 11.4 Å². The summed E-state index contributed by atoms with van der Waals surface area (Å²) < 4.78 is 4.86. The summed E-state index contributed by atoms with van der Waals surface area (Å²) in [6.45, 7) is -0.415. The summed E-state index contributed by atoms with van der Waals surface area (Å²) in [4.78, 5) is 20.8. The number of benzene rings is 3. The van der Waals surface area contributed by atoms with E-state index < -0.39 is 18.5 Å². The van der Waals surface area contributed by atoms with E-state index in [4.69, 9.17) is 38.2 Å². The van der Waals surface area contributed by atoms with Gasteiger partial charge in [-0.3, -0.25) is 4.79 Å². The first-order valence-electron chi connectivity index (χ1n) is 7.85. The van der Waals surface area contributed by atoms with E-state index >= 15 is 0 Å². The standard InChI is InChI=1S/C12H10O2.C8H6Cl2O3/c13-12(14)8-10-6-3-5-9-4-1-2-7-11(9)10;9-5-1-2-7(6(10)3-5)13-4-8(11)12/h1-7H,8H2,(H,13,14);1-3H,4H2,(H,11,12). The molecule has 0 atom stereocenters. The minimum Gasteiger partial charge on any atom is -0.481 e. The molecule has 2 N–H and O–H groups in total. The summed E-state index contributed by atoms with van der Waals surface area (Å²) in [6, 6.07) is 18.1. The minimum absolute atomic E-state index is 0.0847. The SMILES string of the molecule is O=C(O)COc1ccc(Cl)cc1Cl.O=C(O)Cc1cccc2ccccc12. The van der Waals surface area contributed by atoms with Crippen LogP contribution in [0.15, 0.2) is 60.7 Å². The molecule has 3 aromatic carbocycles. The third-order valence-electron chi connectivity index (χ3n) is 3.47. The molecule has 0 aliphatic rings. The van der Waals surface area contributed by atoms with Gasteiger partial charge >= 0.3 is 11.9 Å². The highest BCUT2D eigenvalue weighted by molar-refractivity contribution is 6.35. The lowest BCUT2D eigenvalue weighted by molar-refractivity contribution is -0.139. The molecule has 5 nitrogen and oxygen atoms in total. The molecule has 0 unspecified atom stereocenters. The average molecular weight is 407 g/mol. The van der Waals surface area contributed by atoms with Gasteiger partial charge in [-0.05, 0) is 34.5 Å². The highest BCUT2D eigenvalue weighted by Crippen LogP contribution is 2.27. The highest BCUT2D eigenvalue weighted by Gasteiger charge is 2.05. The van der Waals surface area contributed by atoms with Crippen molar-refractivity contribution in [3.05, 3.63) is 76.3 Å². The predicted molar refractivity (Wildman–Crippen MR) is 105 cm³/mol. The molecular formula is C20H16Cl2O5. The molecular weight excluding hydrogens is 391 g/mol. The smallest absolute Gasteiger partial charge is 0.341 e. The van der Waals surface area contributed by atoms with Gasteiger partial charge in [0.2, 0.25) is 0 Å². The Bertz CT molecular complexity index is 951. The van der Waals surface area contributed by atoms with Crippen LogP contribution in [0.2, 0.25) is 10.0 Å². The van der Waals surface area contributed by atoms with Crippen molar-refractivity contribution in [2.24, 2.45) is 0 Å². The molecule has 0 heterocycles. The molecule has 0 amide bonds. The Morgan fingerprint density at radius 1 is 0.889 bits per heavy atom. The first-order chi connectivity index (χ1) is 12.9. The molecule has 0 aromatic heterocycles. The number of ether oxygens (including phenoxy) is 1. The zero-order valence-corrected chi connectivity index (χ0v) is 15.6.